The Hall–Kier alpha value is -3.38. The SMILES string of the molecule is CCc1cccc2c(-c3ccccc3)c3ccccc3c(-c3ccccc3)c12. The van der Waals surface area contributed by atoms with Crippen molar-refractivity contribution in [2.45, 2.75) is 13.3 Å². The fraction of sp³-hybridized carbons (Fsp3) is 0.0714. The molecule has 0 aliphatic heterocycles. The van der Waals surface area contributed by atoms with Crippen molar-refractivity contribution in [1.82, 2.24) is 0 Å². The van der Waals surface area contributed by atoms with Crippen LogP contribution in [0.3, 0.4) is 0 Å². The van der Waals surface area contributed by atoms with Crippen molar-refractivity contribution in [3.8, 4) is 22.3 Å². The lowest BCUT2D eigenvalue weighted by molar-refractivity contribution is 1.16. The Morgan fingerprint density at radius 3 is 1.57 bits per heavy atom. The van der Waals surface area contributed by atoms with Gasteiger partial charge in [-0.1, -0.05) is 110 Å². The molecule has 5 aromatic rings. The molecule has 0 aliphatic rings. The number of rotatable bonds is 3. The minimum Gasteiger partial charge on any atom is -0.0622 e. The number of fused-ring (bicyclic) bond motifs is 2. The minimum absolute atomic E-state index is 1.02. The molecule has 0 N–H and O–H groups in total. The zero-order valence-electron chi connectivity index (χ0n) is 16.0. The van der Waals surface area contributed by atoms with Crippen molar-refractivity contribution >= 4 is 21.5 Å². The standard InChI is InChI=1S/C28H22/c1-2-20-16-11-19-25-26(21-12-5-3-6-13-21)23-17-9-10-18-24(23)28(27(20)25)22-14-7-4-8-15-22/h3-19H,2H2,1H3. The van der Waals surface area contributed by atoms with Crippen LogP contribution in [0.4, 0.5) is 0 Å². The third kappa shape index (κ3) is 2.61. The highest BCUT2D eigenvalue weighted by molar-refractivity contribution is 6.22. The Labute approximate surface area is 166 Å². The predicted molar refractivity (Wildman–Crippen MR) is 122 cm³/mol. The van der Waals surface area contributed by atoms with E-state index in [-0.39, 0.29) is 0 Å². The van der Waals surface area contributed by atoms with Crippen LogP contribution in [0.25, 0.3) is 43.8 Å². The topological polar surface area (TPSA) is 0 Å². The first-order valence-electron chi connectivity index (χ1n) is 9.95. The molecular formula is C28H22. The van der Waals surface area contributed by atoms with Crippen LogP contribution in [-0.2, 0) is 6.42 Å². The van der Waals surface area contributed by atoms with Crippen LogP contribution in [0.1, 0.15) is 12.5 Å². The summed E-state index contributed by atoms with van der Waals surface area (Å²) < 4.78 is 0. The van der Waals surface area contributed by atoms with Crippen molar-refractivity contribution in [2.75, 3.05) is 0 Å². The molecular weight excluding hydrogens is 336 g/mol. The summed E-state index contributed by atoms with van der Waals surface area (Å²) in [6.07, 6.45) is 1.02. The van der Waals surface area contributed by atoms with Gasteiger partial charge in [0.1, 0.15) is 0 Å². The van der Waals surface area contributed by atoms with E-state index in [1.165, 1.54) is 49.4 Å². The lowest BCUT2D eigenvalue weighted by Crippen LogP contribution is -1.94. The second-order valence-electron chi connectivity index (χ2n) is 7.22. The second kappa shape index (κ2) is 6.98. The fourth-order valence-corrected chi connectivity index (χ4v) is 4.42. The van der Waals surface area contributed by atoms with Crippen LogP contribution < -0.4 is 0 Å². The van der Waals surface area contributed by atoms with Gasteiger partial charge in [0.15, 0.2) is 0 Å². The van der Waals surface area contributed by atoms with Gasteiger partial charge in [-0.2, -0.15) is 0 Å². The van der Waals surface area contributed by atoms with Gasteiger partial charge >= 0.3 is 0 Å². The third-order valence-electron chi connectivity index (χ3n) is 5.64. The monoisotopic (exact) mass is 358 g/mol. The van der Waals surface area contributed by atoms with Crippen molar-refractivity contribution in [1.29, 1.82) is 0 Å². The van der Waals surface area contributed by atoms with Crippen LogP contribution >= 0.6 is 0 Å². The summed E-state index contributed by atoms with van der Waals surface area (Å²) in [7, 11) is 0. The molecule has 0 aliphatic carbocycles. The van der Waals surface area contributed by atoms with Crippen molar-refractivity contribution < 1.29 is 0 Å². The van der Waals surface area contributed by atoms with Crippen molar-refractivity contribution in [3.05, 3.63) is 109 Å². The maximum Gasteiger partial charge on any atom is -0.00236 e. The van der Waals surface area contributed by atoms with Crippen LogP contribution in [-0.4, -0.2) is 0 Å². The van der Waals surface area contributed by atoms with Gasteiger partial charge in [0, 0.05) is 0 Å². The lowest BCUT2D eigenvalue weighted by Gasteiger charge is -2.19. The molecule has 0 radical (unpaired) electrons. The summed E-state index contributed by atoms with van der Waals surface area (Å²) in [6.45, 7) is 2.25. The normalized spacial score (nSPS) is 11.2. The molecule has 0 atom stereocenters. The highest BCUT2D eigenvalue weighted by atomic mass is 14.2. The van der Waals surface area contributed by atoms with Gasteiger partial charge in [-0.25, -0.2) is 0 Å². The van der Waals surface area contributed by atoms with E-state index in [9.17, 15) is 0 Å². The average molecular weight is 358 g/mol. The molecule has 28 heavy (non-hydrogen) atoms. The van der Waals surface area contributed by atoms with Crippen LogP contribution in [0.15, 0.2) is 103 Å². The second-order valence-corrected chi connectivity index (χ2v) is 7.22. The summed E-state index contributed by atoms with van der Waals surface area (Å²) in [5, 5.41) is 5.35. The summed E-state index contributed by atoms with van der Waals surface area (Å²) in [5.41, 5.74) is 6.64. The van der Waals surface area contributed by atoms with E-state index < -0.39 is 0 Å². The number of hydrogen-bond acceptors (Lipinski definition) is 0. The molecule has 0 aromatic heterocycles. The predicted octanol–water partition coefficient (Wildman–Crippen LogP) is 7.89. The molecule has 0 amide bonds. The molecule has 5 rings (SSSR count). The maximum atomic E-state index is 2.29. The molecule has 0 spiro atoms. The molecule has 0 unspecified atom stereocenters. The summed E-state index contributed by atoms with van der Waals surface area (Å²) >= 11 is 0. The van der Waals surface area contributed by atoms with Crippen molar-refractivity contribution in [2.24, 2.45) is 0 Å². The van der Waals surface area contributed by atoms with Crippen LogP contribution in [0, 0.1) is 0 Å². The first-order chi connectivity index (χ1) is 13.9. The first-order valence-corrected chi connectivity index (χ1v) is 9.95. The van der Waals surface area contributed by atoms with Crippen LogP contribution in [0.5, 0.6) is 0 Å². The van der Waals surface area contributed by atoms with E-state index in [4.69, 9.17) is 0 Å². The van der Waals surface area contributed by atoms with E-state index in [1.807, 2.05) is 0 Å². The minimum atomic E-state index is 1.02. The van der Waals surface area contributed by atoms with Gasteiger partial charge in [0.05, 0.1) is 0 Å². The van der Waals surface area contributed by atoms with Gasteiger partial charge in [0.2, 0.25) is 0 Å². The van der Waals surface area contributed by atoms with Gasteiger partial charge in [-0.05, 0) is 55.8 Å². The molecule has 134 valence electrons. The molecule has 0 saturated carbocycles. The number of benzene rings is 5. The Morgan fingerprint density at radius 1 is 0.464 bits per heavy atom. The number of hydrogen-bond donors (Lipinski definition) is 0. The lowest BCUT2D eigenvalue weighted by atomic mass is 9.84. The van der Waals surface area contributed by atoms with E-state index in [1.54, 1.807) is 0 Å². The zero-order valence-corrected chi connectivity index (χ0v) is 16.0. The highest BCUT2D eigenvalue weighted by Gasteiger charge is 2.17. The Balaban J connectivity index is 2.06. The van der Waals surface area contributed by atoms with Crippen LogP contribution in [0.2, 0.25) is 0 Å². The van der Waals surface area contributed by atoms with Gasteiger partial charge < -0.3 is 0 Å². The molecule has 0 heterocycles. The molecule has 0 bridgehead atoms. The Bertz CT molecular complexity index is 1270. The average Bonchev–Trinajstić information content (AvgIpc) is 2.78. The zero-order chi connectivity index (χ0) is 18.9. The van der Waals surface area contributed by atoms with Gasteiger partial charge in [0.25, 0.3) is 0 Å². The fourth-order valence-electron chi connectivity index (χ4n) is 4.42. The van der Waals surface area contributed by atoms with E-state index >= 15 is 0 Å². The summed E-state index contributed by atoms with van der Waals surface area (Å²) in [4.78, 5) is 0. The summed E-state index contributed by atoms with van der Waals surface area (Å²) in [6, 6.07) is 37.2. The molecule has 0 saturated heterocycles. The maximum absolute atomic E-state index is 2.29. The summed E-state index contributed by atoms with van der Waals surface area (Å²) in [5.74, 6) is 0. The Kier molecular flexibility index (Phi) is 4.18. The number of aryl methyl sites for hydroxylation is 1. The highest BCUT2D eigenvalue weighted by Crippen LogP contribution is 2.44. The largest absolute Gasteiger partial charge is 0.0622 e. The van der Waals surface area contributed by atoms with Gasteiger partial charge in [-0.3, -0.25) is 0 Å². The first kappa shape index (κ1) is 16.8. The molecule has 0 fully saturated rings. The smallest absolute Gasteiger partial charge is 0.00236 e. The van der Waals surface area contributed by atoms with Crippen molar-refractivity contribution in [3.63, 3.8) is 0 Å². The van der Waals surface area contributed by atoms with E-state index in [0.717, 1.165) is 6.42 Å². The molecule has 0 nitrogen and oxygen atoms in total. The Morgan fingerprint density at radius 2 is 0.964 bits per heavy atom. The molecule has 0 heteroatoms. The third-order valence-corrected chi connectivity index (χ3v) is 5.64. The van der Waals surface area contributed by atoms with Gasteiger partial charge in [-0.15, -0.1) is 0 Å². The van der Waals surface area contributed by atoms with E-state index in [0.29, 0.717) is 0 Å². The van der Waals surface area contributed by atoms with E-state index in [2.05, 4.69) is 110 Å². The molecule has 5 aromatic carbocycles. The quantitative estimate of drug-likeness (QED) is 0.288.